The van der Waals surface area contributed by atoms with Gasteiger partial charge in [0.25, 0.3) is 0 Å². The first-order chi connectivity index (χ1) is 7.49. The summed E-state index contributed by atoms with van der Waals surface area (Å²) in [4.78, 5) is 11.1. The number of hydrogen-bond donors (Lipinski definition) is 0. The summed E-state index contributed by atoms with van der Waals surface area (Å²) in [7, 11) is 0. The highest BCUT2D eigenvalue weighted by Gasteiger charge is 2.08. The Morgan fingerprint density at radius 2 is 1.94 bits per heavy atom. The summed E-state index contributed by atoms with van der Waals surface area (Å²) in [5.41, 5.74) is 2.66. The van der Waals surface area contributed by atoms with Crippen LogP contribution in [0.4, 0.5) is 0 Å². The summed E-state index contributed by atoms with van der Waals surface area (Å²) in [5.74, 6) is 1.28. The van der Waals surface area contributed by atoms with E-state index in [-0.39, 0.29) is 5.78 Å². The maximum atomic E-state index is 11.1. The summed E-state index contributed by atoms with van der Waals surface area (Å²) in [5, 5.41) is 0. The highest BCUT2D eigenvalue weighted by atomic mass is 16.1. The minimum Gasteiger partial charge on any atom is -0.300 e. The molecular weight excluding hydrogens is 196 g/mol. The molecule has 0 bridgehead atoms. The molecular formula is C15H22O. The second kappa shape index (κ2) is 5.83. The molecule has 1 heteroatoms. The van der Waals surface area contributed by atoms with Crippen molar-refractivity contribution in [2.75, 3.05) is 0 Å². The largest absolute Gasteiger partial charge is 0.300 e. The van der Waals surface area contributed by atoms with Gasteiger partial charge in [-0.1, -0.05) is 45.0 Å². The molecule has 1 unspecified atom stereocenters. The zero-order valence-corrected chi connectivity index (χ0v) is 10.8. The zero-order valence-electron chi connectivity index (χ0n) is 10.8. The van der Waals surface area contributed by atoms with Crippen LogP contribution in [0.3, 0.4) is 0 Å². The highest BCUT2D eigenvalue weighted by molar-refractivity contribution is 5.76. The lowest BCUT2D eigenvalue weighted by Gasteiger charge is -2.12. The van der Waals surface area contributed by atoms with Crippen molar-refractivity contribution in [3.8, 4) is 0 Å². The van der Waals surface area contributed by atoms with E-state index < -0.39 is 0 Å². The molecule has 0 N–H and O–H groups in total. The summed E-state index contributed by atoms with van der Waals surface area (Å²) in [6, 6.07) is 8.64. The Morgan fingerprint density at radius 1 is 1.25 bits per heavy atom. The van der Waals surface area contributed by atoms with E-state index in [0.29, 0.717) is 18.3 Å². The molecule has 0 spiro atoms. The molecule has 16 heavy (non-hydrogen) atoms. The molecule has 0 aliphatic carbocycles. The third kappa shape index (κ3) is 4.18. The third-order valence-corrected chi connectivity index (χ3v) is 2.76. The van der Waals surface area contributed by atoms with Gasteiger partial charge in [0.1, 0.15) is 5.78 Å². The molecule has 1 rings (SSSR count). The molecule has 0 fully saturated rings. The Hall–Kier alpha value is -1.11. The van der Waals surface area contributed by atoms with E-state index in [1.54, 1.807) is 6.92 Å². The number of rotatable bonds is 5. The van der Waals surface area contributed by atoms with E-state index in [1.165, 1.54) is 11.1 Å². The van der Waals surface area contributed by atoms with Gasteiger partial charge in [0.15, 0.2) is 0 Å². The van der Waals surface area contributed by atoms with Crippen molar-refractivity contribution in [1.29, 1.82) is 0 Å². The number of Topliss-reactive ketones (excluding diaryl/α,β-unsaturated/α-hetero) is 1. The number of carbonyl (C=O) groups excluding carboxylic acids is 1. The minimum absolute atomic E-state index is 0.266. The van der Waals surface area contributed by atoms with E-state index in [4.69, 9.17) is 0 Å². The van der Waals surface area contributed by atoms with Crippen LogP contribution in [-0.2, 0) is 11.2 Å². The molecule has 0 heterocycles. The second-order valence-electron chi connectivity index (χ2n) is 5.15. The van der Waals surface area contributed by atoms with Gasteiger partial charge in [-0.25, -0.2) is 0 Å². The maximum Gasteiger partial charge on any atom is 0.130 e. The van der Waals surface area contributed by atoms with E-state index >= 15 is 0 Å². The van der Waals surface area contributed by atoms with Crippen molar-refractivity contribution in [3.63, 3.8) is 0 Å². The van der Waals surface area contributed by atoms with E-state index in [0.717, 1.165) is 6.42 Å². The third-order valence-electron chi connectivity index (χ3n) is 2.76. The quantitative estimate of drug-likeness (QED) is 0.731. The lowest BCUT2D eigenvalue weighted by molar-refractivity contribution is -0.117. The molecule has 88 valence electrons. The fourth-order valence-electron chi connectivity index (χ4n) is 2.05. The highest BCUT2D eigenvalue weighted by Crippen LogP contribution is 2.21. The predicted octanol–water partition coefficient (Wildman–Crippen LogP) is 3.97. The molecule has 0 radical (unpaired) electrons. The topological polar surface area (TPSA) is 17.1 Å². The van der Waals surface area contributed by atoms with Crippen molar-refractivity contribution in [1.82, 2.24) is 0 Å². The van der Waals surface area contributed by atoms with Crippen molar-refractivity contribution >= 4 is 5.78 Å². The smallest absolute Gasteiger partial charge is 0.130 e. The summed E-state index contributed by atoms with van der Waals surface area (Å²) < 4.78 is 0. The van der Waals surface area contributed by atoms with Gasteiger partial charge < -0.3 is 4.79 Å². The van der Waals surface area contributed by atoms with Crippen LogP contribution in [0.1, 0.15) is 51.2 Å². The molecule has 1 nitrogen and oxygen atoms in total. The van der Waals surface area contributed by atoms with Crippen LogP contribution in [0.2, 0.25) is 0 Å². The van der Waals surface area contributed by atoms with Gasteiger partial charge >= 0.3 is 0 Å². The first-order valence-corrected chi connectivity index (χ1v) is 6.07. The Balaban J connectivity index is 2.77. The average Bonchev–Trinajstić information content (AvgIpc) is 2.16. The molecule has 0 amide bonds. The van der Waals surface area contributed by atoms with Gasteiger partial charge in [0.2, 0.25) is 0 Å². The molecule has 0 saturated carbocycles. The van der Waals surface area contributed by atoms with Crippen molar-refractivity contribution < 1.29 is 4.79 Å². The van der Waals surface area contributed by atoms with Gasteiger partial charge in [0.05, 0.1) is 0 Å². The molecule has 0 aliphatic rings. The van der Waals surface area contributed by atoms with E-state index in [9.17, 15) is 4.79 Å². The van der Waals surface area contributed by atoms with Crippen molar-refractivity contribution in [2.24, 2.45) is 5.92 Å². The molecule has 0 saturated heterocycles. The lowest BCUT2D eigenvalue weighted by atomic mass is 9.93. The van der Waals surface area contributed by atoms with Gasteiger partial charge in [0, 0.05) is 6.42 Å². The first-order valence-electron chi connectivity index (χ1n) is 6.07. The summed E-state index contributed by atoms with van der Waals surface area (Å²) in [6.07, 6.45) is 1.76. The van der Waals surface area contributed by atoms with Crippen LogP contribution in [0.5, 0.6) is 0 Å². The standard InChI is InChI=1S/C15H22O/c1-11(2)8-14-6-5-7-15(10-14)12(3)9-13(4)16/h5-7,10-12H,8-9H2,1-4H3. The summed E-state index contributed by atoms with van der Waals surface area (Å²) >= 11 is 0. The molecule has 0 aromatic heterocycles. The first kappa shape index (κ1) is 13.0. The number of carbonyl (C=O) groups is 1. The van der Waals surface area contributed by atoms with Crippen LogP contribution in [0.25, 0.3) is 0 Å². The number of ketones is 1. The Bertz CT molecular complexity index is 352. The molecule has 1 atom stereocenters. The number of hydrogen-bond acceptors (Lipinski definition) is 1. The van der Waals surface area contributed by atoms with Crippen molar-refractivity contribution in [3.05, 3.63) is 35.4 Å². The van der Waals surface area contributed by atoms with Gasteiger partial charge in [-0.3, -0.25) is 0 Å². The van der Waals surface area contributed by atoms with Gasteiger partial charge in [-0.05, 0) is 36.3 Å². The molecule has 0 aliphatic heterocycles. The van der Waals surface area contributed by atoms with Gasteiger partial charge in [-0.2, -0.15) is 0 Å². The van der Waals surface area contributed by atoms with Crippen LogP contribution in [0, 0.1) is 5.92 Å². The Kier molecular flexibility index (Phi) is 4.72. The fourth-order valence-corrected chi connectivity index (χ4v) is 2.05. The normalized spacial score (nSPS) is 12.8. The van der Waals surface area contributed by atoms with Gasteiger partial charge in [-0.15, -0.1) is 0 Å². The SMILES string of the molecule is CC(=O)CC(C)c1cccc(CC(C)C)c1. The molecule has 1 aromatic rings. The number of benzene rings is 1. The maximum absolute atomic E-state index is 11.1. The van der Waals surface area contributed by atoms with Crippen LogP contribution in [-0.4, -0.2) is 5.78 Å². The van der Waals surface area contributed by atoms with Crippen LogP contribution in [0.15, 0.2) is 24.3 Å². The minimum atomic E-state index is 0.266. The van der Waals surface area contributed by atoms with Crippen LogP contribution >= 0.6 is 0 Å². The predicted molar refractivity (Wildman–Crippen MR) is 68.7 cm³/mol. The van der Waals surface area contributed by atoms with Crippen molar-refractivity contribution in [2.45, 2.75) is 46.5 Å². The monoisotopic (exact) mass is 218 g/mol. The lowest BCUT2D eigenvalue weighted by Crippen LogP contribution is -2.02. The summed E-state index contributed by atoms with van der Waals surface area (Å²) in [6.45, 7) is 8.24. The second-order valence-corrected chi connectivity index (χ2v) is 5.15. The average molecular weight is 218 g/mol. The fraction of sp³-hybridized carbons (Fsp3) is 0.533. The Morgan fingerprint density at radius 3 is 2.50 bits per heavy atom. The van der Waals surface area contributed by atoms with E-state index in [2.05, 4.69) is 45.0 Å². The zero-order chi connectivity index (χ0) is 12.1. The van der Waals surface area contributed by atoms with Crippen LogP contribution < -0.4 is 0 Å². The Labute approximate surface area is 98.9 Å². The molecule has 1 aromatic carbocycles. The van der Waals surface area contributed by atoms with E-state index in [1.807, 2.05) is 0 Å².